The molecule has 7 heteroatoms. The Balaban J connectivity index is 2.99. The molecule has 0 atom stereocenters. The fourth-order valence-corrected chi connectivity index (χ4v) is 1.05. The third-order valence-corrected chi connectivity index (χ3v) is 1.76. The Morgan fingerprint density at radius 3 is 2.87 bits per heavy atom. The smallest absolute Gasteiger partial charge is 0.311 e. The molecule has 0 radical (unpaired) electrons. The van der Waals surface area contributed by atoms with Crippen molar-refractivity contribution in [1.82, 2.24) is 4.98 Å². The van der Waals surface area contributed by atoms with Crippen LogP contribution < -0.4 is 16.6 Å². The fraction of sp³-hybridized carbons (Fsp3) is 0.375. The average Bonchev–Trinajstić information content (AvgIpc) is 2.25. The molecule has 15 heavy (non-hydrogen) atoms. The lowest BCUT2D eigenvalue weighted by atomic mass is 10.3. The summed E-state index contributed by atoms with van der Waals surface area (Å²) in [5.41, 5.74) is 2.28. The second kappa shape index (κ2) is 5.11. The van der Waals surface area contributed by atoms with Gasteiger partial charge in [-0.25, -0.2) is 10.8 Å². The number of hydrogen-bond acceptors (Lipinski definition) is 6. The summed E-state index contributed by atoms with van der Waals surface area (Å²) in [7, 11) is 0. The topological polar surface area (TPSA) is 106 Å². The quantitative estimate of drug-likeness (QED) is 0.382. The highest BCUT2D eigenvalue weighted by molar-refractivity contribution is 5.59. The van der Waals surface area contributed by atoms with Crippen LogP contribution in [0.15, 0.2) is 12.1 Å². The first-order valence-electron chi connectivity index (χ1n) is 4.55. The van der Waals surface area contributed by atoms with Crippen LogP contribution in [0.25, 0.3) is 0 Å². The van der Waals surface area contributed by atoms with Crippen LogP contribution in [0, 0.1) is 10.1 Å². The van der Waals surface area contributed by atoms with Crippen molar-refractivity contribution in [1.29, 1.82) is 0 Å². The van der Waals surface area contributed by atoms with Crippen LogP contribution in [0.3, 0.4) is 0 Å². The zero-order valence-corrected chi connectivity index (χ0v) is 8.36. The Kier molecular flexibility index (Phi) is 3.81. The molecule has 0 aliphatic carbocycles. The molecular weight excluding hydrogens is 198 g/mol. The normalized spacial score (nSPS) is 9.73. The number of nitrogens with two attached hydrogens (primary N) is 1. The number of hydrazine groups is 1. The van der Waals surface area contributed by atoms with E-state index in [0.717, 1.165) is 6.42 Å². The second-order valence-electron chi connectivity index (χ2n) is 2.89. The summed E-state index contributed by atoms with van der Waals surface area (Å²) in [6.45, 7) is 2.59. The van der Waals surface area contributed by atoms with E-state index in [1.165, 1.54) is 12.1 Å². The molecule has 0 amide bonds. The highest BCUT2D eigenvalue weighted by Gasteiger charge is 2.14. The van der Waals surface area contributed by atoms with E-state index in [2.05, 4.69) is 15.7 Å². The Labute approximate surface area is 86.8 Å². The van der Waals surface area contributed by atoms with Gasteiger partial charge in [0.25, 0.3) is 0 Å². The minimum atomic E-state index is -0.481. The van der Waals surface area contributed by atoms with E-state index >= 15 is 0 Å². The Bertz CT molecular complexity index is 355. The van der Waals surface area contributed by atoms with E-state index in [1.54, 1.807) is 0 Å². The van der Waals surface area contributed by atoms with Crippen LogP contribution in [0.2, 0.25) is 0 Å². The molecule has 0 fully saturated rings. The lowest BCUT2D eigenvalue weighted by molar-refractivity contribution is -0.384. The predicted octanol–water partition coefficient (Wildman–Crippen LogP) is 1.10. The van der Waals surface area contributed by atoms with Gasteiger partial charge in [0.05, 0.1) is 4.92 Å². The lowest BCUT2D eigenvalue weighted by Crippen LogP contribution is -2.11. The zero-order chi connectivity index (χ0) is 11.3. The molecule has 0 aromatic carbocycles. The van der Waals surface area contributed by atoms with Gasteiger partial charge in [0.15, 0.2) is 0 Å². The number of hydrogen-bond donors (Lipinski definition) is 3. The summed E-state index contributed by atoms with van der Waals surface area (Å²) < 4.78 is 0. The van der Waals surface area contributed by atoms with Gasteiger partial charge < -0.3 is 10.7 Å². The van der Waals surface area contributed by atoms with E-state index in [0.29, 0.717) is 12.4 Å². The summed E-state index contributed by atoms with van der Waals surface area (Å²) in [5, 5.41) is 13.5. The molecule has 0 bridgehead atoms. The minimum Gasteiger partial charge on any atom is -0.364 e. The van der Waals surface area contributed by atoms with Crippen molar-refractivity contribution in [3.8, 4) is 0 Å². The van der Waals surface area contributed by atoms with Crippen LogP contribution in [0.5, 0.6) is 0 Å². The largest absolute Gasteiger partial charge is 0.364 e. The number of nitrogen functional groups attached to an aromatic ring is 1. The van der Waals surface area contributed by atoms with Crippen LogP contribution in [-0.2, 0) is 0 Å². The van der Waals surface area contributed by atoms with Crippen LogP contribution in [0.4, 0.5) is 17.3 Å². The monoisotopic (exact) mass is 211 g/mol. The molecule has 0 aliphatic rings. The Morgan fingerprint density at radius 2 is 2.33 bits per heavy atom. The molecule has 7 nitrogen and oxygen atoms in total. The van der Waals surface area contributed by atoms with Crippen molar-refractivity contribution in [2.24, 2.45) is 5.84 Å². The van der Waals surface area contributed by atoms with Crippen molar-refractivity contribution in [2.45, 2.75) is 13.3 Å². The number of aromatic nitrogens is 1. The van der Waals surface area contributed by atoms with Gasteiger partial charge in [-0.1, -0.05) is 6.92 Å². The maximum Gasteiger partial charge on any atom is 0.311 e. The lowest BCUT2D eigenvalue weighted by Gasteiger charge is -2.06. The number of nitrogens with one attached hydrogen (secondary N) is 2. The molecule has 1 aromatic heterocycles. The predicted molar refractivity (Wildman–Crippen MR) is 57.5 cm³/mol. The van der Waals surface area contributed by atoms with Gasteiger partial charge in [0.2, 0.25) is 5.82 Å². The summed E-state index contributed by atoms with van der Waals surface area (Å²) in [4.78, 5) is 14.1. The summed E-state index contributed by atoms with van der Waals surface area (Å²) in [5.74, 6) is 5.79. The number of pyridine rings is 1. The summed E-state index contributed by atoms with van der Waals surface area (Å²) >= 11 is 0. The van der Waals surface area contributed by atoms with Gasteiger partial charge in [0.1, 0.15) is 5.82 Å². The second-order valence-corrected chi connectivity index (χ2v) is 2.89. The first-order valence-corrected chi connectivity index (χ1v) is 4.55. The zero-order valence-electron chi connectivity index (χ0n) is 8.36. The van der Waals surface area contributed by atoms with Gasteiger partial charge in [0, 0.05) is 12.6 Å². The third-order valence-electron chi connectivity index (χ3n) is 1.76. The van der Waals surface area contributed by atoms with Crippen molar-refractivity contribution in [2.75, 3.05) is 17.3 Å². The van der Waals surface area contributed by atoms with Gasteiger partial charge >= 0.3 is 5.69 Å². The van der Waals surface area contributed by atoms with E-state index < -0.39 is 4.92 Å². The first kappa shape index (κ1) is 11.2. The number of nitrogens with zero attached hydrogens (tertiary/aromatic N) is 2. The summed E-state index contributed by atoms with van der Waals surface area (Å²) in [6.07, 6.45) is 0.860. The average molecular weight is 211 g/mol. The first-order chi connectivity index (χ1) is 7.19. The molecule has 1 aromatic rings. The van der Waals surface area contributed by atoms with Crippen molar-refractivity contribution < 1.29 is 4.92 Å². The van der Waals surface area contributed by atoms with Crippen molar-refractivity contribution in [3.05, 3.63) is 22.2 Å². The molecule has 0 unspecified atom stereocenters. The number of rotatable bonds is 5. The van der Waals surface area contributed by atoms with Gasteiger partial charge in [-0.15, -0.1) is 0 Å². The highest BCUT2D eigenvalue weighted by atomic mass is 16.6. The minimum absolute atomic E-state index is 0.0533. The van der Waals surface area contributed by atoms with Crippen LogP contribution in [0.1, 0.15) is 13.3 Å². The fourth-order valence-electron chi connectivity index (χ4n) is 1.05. The number of anilines is 2. The maximum atomic E-state index is 10.7. The van der Waals surface area contributed by atoms with Gasteiger partial charge in [-0.05, 0) is 12.5 Å². The Morgan fingerprint density at radius 1 is 1.60 bits per heavy atom. The molecule has 0 aliphatic heterocycles. The molecule has 0 saturated carbocycles. The maximum absolute atomic E-state index is 10.7. The highest BCUT2D eigenvalue weighted by Crippen LogP contribution is 2.23. The van der Waals surface area contributed by atoms with Gasteiger partial charge in [-0.3, -0.25) is 10.1 Å². The molecular formula is C8H13N5O2. The molecule has 1 rings (SSSR count). The van der Waals surface area contributed by atoms with Crippen LogP contribution >= 0.6 is 0 Å². The van der Waals surface area contributed by atoms with E-state index in [4.69, 9.17) is 5.84 Å². The molecule has 0 spiro atoms. The van der Waals surface area contributed by atoms with E-state index in [-0.39, 0.29) is 11.5 Å². The molecule has 1 heterocycles. The molecule has 0 saturated heterocycles. The summed E-state index contributed by atoms with van der Waals surface area (Å²) in [6, 6.07) is 2.81. The molecule has 82 valence electrons. The van der Waals surface area contributed by atoms with Gasteiger partial charge in [-0.2, -0.15) is 0 Å². The van der Waals surface area contributed by atoms with Crippen LogP contribution in [-0.4, -0.2) is 16.5 Å². The SMILES string of the molecule is CCCNc1nc(NN)ccc1[N+](=O)[O-]. The standard InChI is InChI=1S/C8H13N5O2/c1-2-5-10-8-6(13(14)15)3-4-7(11-8)12-9/h3-4H,2,5,9H2,1H3,(H2,10,11,12). The van der Waals surface area contributed by atoms with Crippen molar-refractivity contribution in [3.63, 3.8) is 0 Å². The number of nitro groups is 1. The van der Waals surface area contributed by atoms with E-state index in [1.807, 2.05) is 6.92 Å². The third kappa shape index (κ3) is 2.78. The molecule has 4 N–H and O–H groups in total. The van der Waals surface area contributed by atoms with Crippen molar-refractivity contribution >= 4 is 17.3 Å². The Hall–Kier alpha value is -1.89. The van der Waals surface area contributed by atoms with E-state index in [9.17, 15) is 10.1 Å².